The van der Waals surface area contributed by atoms with Gasteiger partial charge in [0.1, 0.15) is 5.75 Å². The fourth-order valence-electron chi connectivity index (χ4n) is 2.17. The number of hydrogen-bond donors (Lipinski definition) is 3. The Bertz CT molecular complexity index is 808. The van der Waals surface area contributed by atoms with Gasteiger partial charge in [-0.15, -0.1) is 11.8 Å². The van der Waals surface area contributed by atoms with Crippen LogP contribution in [0, 0.1) is 0 Å². The summed E-state index contributed by atoms with van der Waals surface area (Å²) in [5.41, 5.74) is 1.24. The van der Waals surface area contributed by atoms with Gasteiger partial charge in [-0.25, -0.2) is 4.79 Å². The SMILES string of the molecule is CCOc1ccccc1NC(=O)CSCC(=O)Nc1ccc(C(=O)O)cc1. The van der Waals surface area contributed by atoms with Crippen molar-refractivity contribution in [2.45, 2.75) is 6.92 Å². The molecule has 0 aliphatic heterocycles. The van der Waals surface area contributed by atoms with Crippen LogP contribution >= 0.6 is 11.8 Å². The van der Waals surface area contributed by atoms with Gasteiger partial charge in [0, 0.05) is 5.69 Å². The van der Waals surface area contributed by atoms with Crippen LogP contribution in [0.5, 0.6) is 5.75 Å². The summed E-state index contributed by atoms with van der Waals surface area (Å²) in [7, 11) is 0. The summed E-state index contributed by atoms with van der Waals surface area (Å²) >= 11 is 1.18. The molecule has 0 aliphatic carbocycles. The van der Waals surface area contributed by atoms with E-state index in [1.165, 1.54) is 36.0 Å². The molecule has 0 aliphatic rings. The van der Waals surface area contributed by atoms with E-state index in [1.54, 1.807) is 18.2 Å². The third-order valence-electron chi connectivity index (χ3n) is 3.34. The first-order chi connectivity index (χ1) is 13.0. The van der Waals surface area contributed by atoms with Crippen LogP contribution in [0.1, 0.15) is 17.3 Å². The first-order valence-corrected chi connectivity index (χ1v) is 9.37. The maximum absolute atomic E-state index is 12.0. The van der Waals surface area contributed by atoms with Crippen LogP contribution in [0.25, 0.3) is 0 Å². The predicted molar refractivity (Wildman–Crippen MR) is 106 cm³/mol. The monoisotopic (exact) mass is 388 g/mol. The zero-order chi connectivity index (χ0) is 19.6. The number of carbonyl (C=O) groups excluding carboxylic acids is 2. The molecule has 0 bridgehead atoms. The minimum atomic E-state index is -1.03. The van der Waals surface area contributed by atoms with E-state index in [0.29, 0.717) is 23.7 Å². The molecule has 0 saturated carbocycles. The Morgan fingerprint density at radius 3 is 2.22 bits per heavy atom. The number of thioether (sulfide) groups is 1. The highest BCUT2D eigenvalue weighted by atomic mass is 32.2. The van der Waals surface area contributed by atoms with Gasteiger partial charge in [-0.05, 0) is 43.3 Å². The second-order valence-electron chi connectivity index (χ2n) is 5.40. The van der Waals surface area contributed by atoms with Gasteiger partial charge in [0.05, 0.1) is 29.4 Å². The fraction of sp³-hybridized carbons (Fsp3) is 0.211. The summed E-state index contributed by atoms with van der Waals surface area (Å²) in [6, 6.07) is 13.0. The molecular weight excluding hydrogens is 368 g/mol. The Hall–Kier alpha value is -3.00. The summed E-state index contributed by atoms with van der Waals surface area (Å²) in [5, 5.41) is 14.3. The standard InChI is InChI=1S/C19H20N2O5S/c1-2-26-16-6-4-3-5-15(16)21-18(23)12-27-11-17(22)20-14-9-7-13(8-10-14)19(24)25/h3-10H,2,11-12H2,1H3,(H,20,22)(H,21,23)(H,24,25). The number of anilines is 2. The molecular formula is C19H20N2O5S. The summed E-state index contributed by atoms with van der Waals surface area (Å²) in [4.78, 5) is 34.7. The maximum Gasteiger partial charge on any atom is 0.335 e. The summed E-state index contributed by atoms with van der Waals surface area (Å²) in [5.74, 6) is -0.717. The molecule has 8 heteroatoms. The van der Waals surface area contributed by atoms with E-state index in [-0.39, 0.29) is 28.9 Å². The van der Waals surface area contributed by atoms with Gasteiger partial charge in [-0.1, -0.05) is 12.1 Å². The van der Waals surface area contributed by atoms with E-state index in [2.05, 4.69) is 10.6 Å². The van der Waals surface area contributed by atoms with E-state index in [0.717, 1.165) is 0 Å². The van der Waals surface area contributed by atoms with Crippen LogP contribution in [0.3, 0.4) is 0 Å². The zero-order valence-electron chi connectivity index (χ0n) is 14.7. The van der Waals surface area contributed by atoms with Crippen molar-refractivity contribution in [2.75, 3.05) is 28.7 Å². The number of nitrogens with one attached hydrogen (secondary N) is 2. The summed E-state index contributed by atoms with van der Waals surface area (Å²) < 4.78 is 5.45. The van der Waals surface area contributed by atoms with Crippen molar-refractivity contribution in [3.8, 4) is 5.75 Å². The topological polar surface area (TPSA) is 105 Å². The van der Waals surface area contributed by atoms with Crippen LogP contribution in [0.4, 0.5) is 11.4 Å². The molecule has 2 aromatic rings. The number of amides is 2. The van der Waals surface area contributed by atoms with E-state index in [1.807, 2.05) is 13.0 Å². The molecule has 0 atom stereocenters. The molecule has 7 nitrogen and oxygen atoms in total. The number of carbonyl (C=O) groups is 3. The summed E-state index contributed by atoms with van der Waals surface area (Å²) in [6.45, 7) is 2.36. The highest BCUT2D eigenvalue weighted by Gasteiger charge is 2.10. The van der Waals surface area contributed by atoms with E-state index in [4.69, 9.17) is 9.84 Å². The average Bonchev–Trinajstić information content (AvgIpc) is 2.64. The molecule has 2 aromatic carbocycles. The van der Waals surface area contributed by atoms with Crippen molar-refractivity contribution in [1.82, 2.24) is 0 Å². The normalized spacial score (nSPS) is 10.1. The summed E-state index contributed by atoms with van der Waals surface area (Å²) in [6.07, 6.45) is 0. The lowest BCUT2D eigenvalue weighted by atomic mass is 10.2. The lowest BCUT2D eigenvalue weighted by Crippen LogP contribution is -2.18. The van der Waals surface area contributed by atoms with Gasteiger partial charge in [0.25, 0.3) is 0 Å². The zero-order valence-corrected chi connectivity index (χ0v) is 15.5. The molecule has 0 spiro atoms. The Morgan fingerprint density at radius 2 is 1.59 bits per heavy atom. The number of aromatic carboxylic acids is 1. The molecule has 0 fully saturated rings. The van der Waals surface area contributed by atoms with Crippen molar-refractivity contribution >= 4 is 40.9 Å². The quantitative estimate of drug-likeness (QED) is 0.610. The first-order valence-electron chi connectivity index (χ1n) is 8.22. The van der Waals surface area contributed by atoms with E-state index >= 15 is 0 Å². The minimum absolute atomic E-state index is 0.0984. The van der Waals surface area contributed by atoms with Crippen LogP contribution in [0.15, 0.2) is 48.5 Å². The molecule has 0 heterocycles. The average molecular weight is 388 g/mol. The molecule has 2 amide bonds. The number of ether oxygens (including phenoxy) is 1. The maximum atomic E-state index is 12.0. The molecule has 0 aromatic heterocycles. The van der Waals surface area contributed by atoms with Gasteiger partial charge in [0.15, 0.2) is 0 Å². The molecule has 0 saturated heterocycles. The minimum Gasteiger partial charge on any atom is -0.492 e. The smallest absolute Gasteiger partial charge is 0.335 e. The van der Waals surface area contributed by atoms with Gasteiger partial charge in [-0.3, -0.25) is 9.59 Å². The third kappa shape index (κ3) is 6.67. The highest BCUT2D eigenvalue weighted by Crippen LogP contribution is 2.23. The van der Waals surface area contributed by atoms with Crippen molar-refractivity contribution in [3.05, 3.63) is 54.1 Å². The number of carboxylic acid groups (broad SMARTS) is 1. The number of hydrogen-bond acceptors (Lipinski definition) is 5. The van der Waals surface area contributed by atoms with Gasteiger partial charge >= 0.3 is 5.97 Å². The Morgan fingerprint density at radius 1 is 0.963 bits per heavy atom. The second kappa shape index (κ2) is 10.2. The molecule has 27 heavy (non-hydrogen) atoms. The lowest BCUT2D eigenvalue weighted by molar-refractivity contribution is -0.114. The van der Waals surface area contributed by atoms with Crippen molar-refractivity contribution in [1.29, 1.82) is 0 Å². The van der Waals surface area contributed by atoms with Crippen LogP contribution in [-0.4, -0.2) is 41.0 Å². The lowest BCUT2D eigenvalue weighted by Gasteiger charge is -2.11. The largest absolute Gasteiger partial charge is 0.492 e. The van der Waals surface area contributed by atoms with Gasteiger partial charge < -0.3 is 20.5 Å². The Labute approximate surface area is 161 Å². The number of para-hydroxylation sites is 2. The molecule has 2 rings (SSSR count). The molecule has 3 N–H and O–H groups in total. The van der Waals surface area contributed by atoms with E-state index in [9.17, 15) is 14.4 Å². The number of rotatable bonds is 9. The van der Waals surface area contributed by atoms with Crippen LogP contribution < -0.4 is 15.4 Å². The van der Waals surface area contributed by atoms with Crippen molar-refractivity contribution in [3.63, 3.8) is 0 Å². The number of carboxylic acids is 1. The highest BCUT2D eigenvalue weighted by molar-refractivity contribution is 8.00. The first kappa shape index (κ1) is 20.3. The van der Waals surface area contributed by atoms with Gasteiger partial charge in [-0.2, -0.15) is 0 Å². The number of benzene rings is 2. The van der Waals surface area contributed by atoms with Gasteiger partial charge in [0.2, 0.25) is 11.8 Å². The molecule has 0 unspecified atom stereocenters. The second-order valence-corrected chi connectivity index (χ2v) is 6.39. The van der Waals surface area contributed by atoms with Crippen LogP contribution in [0.2, 0.25) is 0 Å². The van der Waals surface area contributed by atoms with Crippen molar-refractivity contribution < 1.29 is 24.2 Å². The molecule has 142 valence electrons. The third-order valence-corrected chi connectivity index (χ3v) is 4.28. The van der Waals surface area contributed by atoms with Crippen LogP contribution in [-0.2, 0) is 9.59 Å². The Balaban J connectivity index is 1.76. The van der Waals surface area contributed by atoms with Crippen molar-refractivity contribution in [2.24, 2.45) is 0 Å². The fourth-order valence-corrected chi connectivity index (χ4v) is 2.78. The predicted octanol–water partition coefficient (Wildman–Crippen LogP) is 3.09. The van der Waals surface area contributed by atoms with E-state index < -0.39 is 5.97 Å². The Kier molecular flexibility index (Phi) is 7.69. The molecule has 0 radical (unpaired) electrons.